The number of carbonyl (C=O) groups is 1. The van der Waals surface area contributed by atoms with Gasteiger partial charge in [0.1, 0.15) is 17.3 Å². The van der Waals surface area contributed by atoms with E-state index < -0.39 is 0 Å². The van der Waals surface area contributed by atoms with Crippen molar-refractivity contribution in [2.24, 2.45) is 0 Å². The Hall–Kier alpha value is -3.41. The van der Waals surface area contributed by atoms with Crippen molar-refractivity contribution < 1.29 is 9.18 Å². The molecular weight excluding hydrogens is 331 g/mol. The van der Waals surface area contributed by atoms with Gasteiger partial charge >= 0.3 is 0 Å². The monoisotopic (exact) mass is 348 g/mol. The lowest BCUT2D eigenvalue weighted by Gasteiger charge is -2.08. The van der Waals surface area contributed by atoms with Crippen molar-refractivity contribution >= 4 is 22.6 Å². The number of anilines is 1. The number of amides is 1. The summed E-state index contributed by atoms with van der Waals surface area (Å²) in [6.07, 6.45) is 0. The van der Waals surface area contributed by atoms with E-state index in [2.05, 4.69) is 15.4 Å². The summed E-state index contributed by atoms with van der Waals surface area (Å²) >= 11 is 0. The highest BCUT2D eigenvalue weighted by Gasteiger charge is 2.15. The van der Waals surface area contributed by atoms with Crippen LogP contribution < -0.4 is 5.32 Å². The number of hydrogen-bond acceptors (Lipinski definition) is 2. The number of rotatable bonds is 4. The highest BCUT2D eigenvalue weighted by Crippen LogP contribution is 2.20. The third kappa shape index (κ3) is 3.09. The van der Waals surface area contributed by atoms with Crippen LogP contribution in [0, 0.1) is 12.7 Å². The van der Waals surface area contributed by atoms with Gasteiger partial charge in [-0.3, -0.25) is 4.79 Å². The van der Waals surface area contributed by atoms with Crippen molar-refractivity contribution in [3.05, 3.63) is 83.4 Å². The van der Waals surface area contributed by atoms with Crippen LogP contribution in [0.1, 0.15) is 21.7 Å². The van der Waals surface area contributed by atoms with Crippen molar-refractivity contribution in [2.45, 2.75) is 13.5 Å². The highest BCUT2D eigenvalue weighted by atomic mass is 19.1. The smallest absolute Gasteiger partial charge is 0.273 e. The number of carbonyl (C=O) groups excluding carboxylic acids is 1. The Morgan fingerprint density at radius 3 is 2.73 bits per heavy atom. The zero-order valence-electron chi connectivity index (χ0n) is 14.2. The maximum atomic E-state index is 13.8. The van der Waals surface area contributed by atoms with Gasteiger partial charge in [-0.25, -0.2) is 9.07 Å². The molecule has 0 aliphatic rings. The summed E-state index contributed by atoms with van der Waals surface area (Å²) in [5.41, 5.74) is 2.78. The summed E-state index contributed by atoms with van der Waals surface area (Å²) in [5, 5.41) is 7.69. The second-order valence-electron chi connectivity index (χ2n) is 6.15. The van der Waals surface area contributed by atoms with Crippen LogP contribution in [0.25, 0.3) is 10.9 Å². The first-order chi connectivity index (χ1) is 12.6. The van der Waals surface area contributed by atoms with Crippen LogP contribution >= 0.6 is 0 Å². The number of aromatic nitrogens is 3. The standard InChI is InChI=1S/C20H17FN4O/c1-13-10-19(25(24-13)12-14-6-3-2-4-7-14)23-20(26)18-11-15-16(21)8-5-9-17(15)22-18/h2-11,22H,12H2,1H3,(H,23,26). The SMILES string of the molecule is Cc1cc(NC(=O)c2cc3c(F)cccc3[nH]2)n(Cc2ccccc2)n1. The predicted molar refractivity (Wildman–Crippen MR) is 98.7 cm³/mol. The molecule has 2 N–H and O–H groups in total. The average molecular weight is 348 g/mol. The lowest BCUT2D eigenvalue weighted by molar-refractivity contribution is 0.102. The number of aromatic amines is 1. The summed E-state index contributed by atoms with van der Waals surface area (Å²) in [5.74, 6) is -0.104. The lowest BCUT2D eigenvalue weighted by atomic mass is 10.2. The molecule has 0 saturated heterocycles. The van der Waals surface area contributed by atoms with Crippen LogP contribution in [-0.4, -0.2) is 20.7 Å². The molecule has 26 heavy (non-hydrogen) atoms. The fourth-order valence-corrected chi connectivity index (χ4v) is 2.95. The zero-order chi connectivity index (χ0) is 18.1. The van der Waals surface area contributed by atoms with Gasteiger partial charge in [-0.1, -0.05) is 36.4 Å². The summed E-state index contributed by atoms with van der Waals surface area (Å²) in [6, 6.07) is 17.9. The number of hydrogen-bond donors (Lipinski definition) is 2. The molecule has 0 fully saturated rings. The lowest BCUT2D eigenvalue weighted by Crippen LogP contribution is -2.16. The molecule has 2 aromatic carbocycles. The maximum Gasteiger partial charge on any atom is 0.273 e. The van der Waals surface area contributed by atoms with Crippen LogP contribution in [0.2, 0.25) is 0 Å². The Bertz CT molecular complexity index is 1080. The van der Waals surface area contributed by atoms with Gasteiger partial charge in [0.25, 0.3) is 5.91 Å². The fraction of sp³-hybridized carbons (Fsp3) is 0.100. The summed E-state index contributed by atoms with van der Waals surface area (Å²) in [4.78, 5) is 15.6. The Balaban J connectivity index is 1.60. The van der Waals surface area contributed by atoms with E-state index in [1.807, 2.05) is 43.3 Å². The molecule has 5 nitrogen and oxygen atoms in total. The molecule has 4 rings (SSSR count). The Labute approximate surface area is 149 Å². The van der Waals surface area contributed by atoms with Crippen LogP contribution in [0.15, 0.2) is 60.7 Å². The minimum absolute atomic E-state index is 0.301. The van der Waals surface area contributed by atoms with E-state index in [-0.39, 0.29) is 11.7 Å². The summed E-state index contributed by atoms with van der Waals surface area (Å²) in [6.45, 7) is 2.42. The molecule has 130 valence electrons. The molecule has 1 amide bonds. The fourth-order valence-electron chi connectivity index (χ4n) is 2.95. The third-order valence-corrected chi connectivity index (χ3v) is 4.17. The van der Waals surface area contributed by atoms with Crippen LogP contribution in [0.4, 0.5) is 10.2 Å². The molecule has 6 heteroatoms. The van der Waals surface area contributed by atoms with Gasteiger partial charge in [-0.15, -0.1) is 0 Å². The Kier molecular flexibility index (Phi) is 4.01. The quantitative estimate of drug-likeness (QED) is 0.583. The van der Waals surface area contributed by atoms with E-state index in [4.69, 9.17) is 0 Å². The van der Waals surface area contributed by atoms with Crippen molar-refractivity contribution in [3.8, 4) is 0 Å². The Morgan fingerprint density at radius 2 is 1.96 bits per heavy atom. The second kappa shape index (κ2) is 6.48. The van der Waals surface area contributed by atoms with Crippen molar-refractivity contribution in [2.75, 3.05) is 5.32 Å². The number of aryl methyl sites for hydroxylation is 1. The molecule has 0 unspecified atom stereocenters. The van der Waals surface area contributed by atoms with Crippen LogP contribution in [0.3, 0.4) is 0 Å². The van der Waals surface area contributed by atoms with Crippen LogP contribution in [-0.2, 0) is 6.54 Å². The summed E-state index contributed by atoms with van der Waals surface area (Å²) in [7, 11) is 0. The topological polar surface area (TPSA) is 62.7 Å². The number of fused-ring (bicyclic) bond motifs is 1. The van der Waals surface area contributed by atoms with Crippen LogP contribution in [0.5, 0.6) is 0 Å². The van der Waals surface area contributed by atoms with E-state index in [0.717, 1.165) is 11.3 Å². The molecular formula is C20H17FN4O. The summed E-state index contributed by atoms with van der Waals surface area (Å²) < 4.78 is 15.6. The number of halogens is 1. The van der Waals surface area contributed by atoms with E-state index in [9.17, 15) is 9.18 Å². The van der Waals surface area contributed by atoms with Gasteiger partial charge in [0, 0.05) is 17.0 Å². The van der Waals surface area contributed by atoms with E-state index in [0.29, 0.717) is 29.0 Å². The average Bonchev–Trinajstić information content (AvgIpc) is 3.20. The van der Waals surface area contributed by atoms with Gasteiger partial charge in [-0.2, -0.15) is 5.10 Å². The number of benzene rings is 2. The number of nitrogens with one attached hydrogen (secondary N) is 2. The first-order valence-corrected chi connectivity index (χ1v) is 8.27. The number of nitrogens with zero attached hydrogens (tertiary/aromatic N) is 2. The molecule has 0 aliphatic carbocycles. The molecule has 2 aromatic heterocycles. The van der Waals surface area contributed by atoms with E-state index >= 15 is 0 Å². The van der Waals surface area contributed by atoms with Gasteiger partial charge in [0.05, 0.1) is 12.2 Å². The molecule has 2 heterocycles. The van der Waals surface area contributed by atoms with Gasteiger partial charge in [0.2, 0.25) is 0 Å². The molecule has 0 atom stereocenters. The molecule has 0 radical (unpaired) electrons. The van der Waals surface area contributed by atoms with Gasteiger partial charge in [-0.05, 0) is 30.7 Å². The van der Waals surface area contributed by atoms with Crippen molar-refractivity contribution in [1.82, 2.24) is 14.8 Å². The molecule has 0 aliphatic heterocycles. The van der Waals surface area contributed by atoms with E-state index in [1.54, 1.807) is 16.8 Å². The molecule has 0 bridgehead atoms. The zero-order valence-corrected chi connectivity index (χ0v) is 14.2. The van der Waals surface area contributed by atoms with Crippen molar-refractivity contribution in [3.63, 3.8) is 0 Å². The normalized spacial score (nSPS) is 11.0. The minimum Gasteiger partial charge on any atom is -0.350 e. The number of H-pyrrole nitrogens is 1. The molecule has 0 spiro atoms. The Morgan fingerprint density at radius 1 is 1.15 bits per heavy atom. The maximum absolute atomic E-state index is 13.8. The first-order valence-electron chi connectivity index (χ1n) is 8.27. The van der Waals surface area contributed by atoms with Gasteiger partial charge < -0.3 is 10.3 Å². The first kappa shape index (κ1) is 16.1. The minimum atomic E-state index is -0.359. The highest BCUT2D eigenvalue weighted by molar-refractivity contribution is 6.05. The molecule has 0 saturated carbocycles. The largest absolute Gasteiger partial charge is 0.350 e. The predicted octanol–water partition coefficient (Wildman–Crippen LogP) is 4.11. The third-order valence-electron chi connectivity index (χ3n) is 4.17. The second-order valence-corrected chi connectivity index (χ2v) is 6.15. The molecule has 4 aromatic rings. The van der Waals surface area contributed by atoms with Crippen molar-refractivity contribution in [1.29, 1.82) is 0 Å². The van der Waals surface area contributed by atoms with E-state index in [1.165, 1.54) is 12.1 Å². The van der Waals surface area contributed by atoms with Gasteiger partial charge in [0.15, 0.2) is 0 Å².